The van der Waals surface area contributed by atoms with Gasteiger partial charge in [0, 0.05) is 12.4 Å². The molecule has 112 valence electrons. The zero-order valence-electron chi connectivity index (χ0n) is 11.6. The minimum absolute atomic E-state index is 0.402. The second-order valence-corrected chi connectivity index (χ2v) is 4.64. The zero-order valence-corrected chi connectivity index (χ0v) is 11.6. The summed E-state index contributed by atoms with van der Waals surface area (Å²) >= 11 is 0. The summed E-state index contributed by atoms with van der Waals surface area (Å²) in [5, 5.41) is 3.21. The van der Waals surface area contributed by atoms with Gasteiger partial charge < -0.3 is 5.32 Å². The Kier molecular flexibility index (Phi) is 4.90. The normalized spacial score (nSPS) is 13.1. The van der Waals surface area contributed by atoms with Gasteiger partial charge in [-0.3, -0.25) is 9.97 Å². The van der Waals surface area contributed by atoms with Crippen molar-refractivity contribution in [1.82, 2.24) is 15.3 Å². The maximum absolute atomic E-state index is 12.8. The van der Waals surface area contributed by atoms with E-state index in [0.29, 0.717) is 17.8 Å². The van der Waals surface area contributed by atoms with Gasteiger partial charge in [0.1, 0.15) is 0 Å². The van der Waals surface area contributed by atoms with Crippen LogP contribution in [-0.4, -0.2) is 16.5 Å². The van der Waals surface area contributed by atoms with E-state index < -0.39 is 17.8 Å². The van der Waals surface area contributed by atoms with Crippen molar-refractivity contribution in [3.8, 4) is 0 Å². The lowest BCUT2D eigenvalue weighted by molar-refractivity contribution is -0.137. The third-order valence-electron chi connectivity index (χ3n) is 3.02. The van der Waals surface area contributed by atoms with Gasteiger partial charge >= 0.3 is 6.18 Å². The van der Waals surface area contributed by atoms with Crippen molar-refractivity contribution in [2.75, 3.05) is 6.54 Å². The number of nitrogens with zero attached hydrogens (tertiary/aromatic N) is 2. The first-order valence-electron chi connectivity index (χ1n) is 6.69. The Labute approximate surface area is 121 Å². The molecule has 3 nitrogen and oxygen atoms in total. The molecule has 0 radical (unpaired) electrons. The largest absolute Gasteiger partial charge is 0.416 e. The molecule has 0 saturated carbocycles. The summed E-state index contributed by atoms with van der Waals surface area (Å²) in [5.41, 5.74) is 0.469. The smallest absolute Gasteiger partial charge is 0.305 e. The third-order valence-corrected chi connectivity index (χ3v) is 3.02. The maximum Gasteiger partial charge on any atom is 0.416 e. The summed E-state index contributed by atoms with van der Waals surface area (Å²) in [4.78, 5) is 8.18. The van der Waals surface area contributed by atoms with Crippen molar-refractivity contribution in [3.63, 3.8) is 0 Å². The van der Waals surface area contributed by atoms with Gasteiger partial charge in [-0.15, -0.1) is 0 Å². The van der Waals surface area contributed by atoms with Gasteiger partial charge in [-0.2, -0.15) is 13.2 Å². The molecule has 0 spiro atoms. The SMILES string of the molecule is CCCNC(c1cccc(C(F)(F)F)c1)c1cnccn1. The Hall–Kier alpha value is -1.95. The van der Waals surface area contributed by atoms with E-state index in [0.717, 1.165) is 18.6 Å². The van der Waals surface area contributed by atoms with Crippen LogP contribution in [0.2, 0.25) is 0 Å². The van der Waals surface area contributed by atoms with Crippen molar-refractivity contribution in [2.45, 2.75) is 25.6 Å². The molecule has 0 aliphatic rings. The quantitative estimate of drug-likeness (QED) is 0.916. The molecule has 0 amide bonds. The molecule has 2 rings (SSSR count). The highest BCUT2D eigenvalue weighted by Gasteiger charge is 2.31. The summed E-state index contributed by atoms with van der Waals surface area (Å²) in [6.07, 6.45) is 1.15. The monoisotopic (exact) mass is 295 g/mol. The van der Waals surface area contributed by atoms with Crippen molar-refractivity contribution < 1.29 is 13.2 Å². The Morgan fingerprint density at radius 3 is 2.67 bits per heavy atom. The Morgan fingerprint density at radius 1 is 1.24 bits per heavy atom. The van der Waals surface area contributed by atoms with Crippen LogP contribution in [0.25, 0.3) is 0 Å². The second kappa shape index (κ2) is 6.67. The minimum atomic E-state index is -4.35. The molecular formula is C15H16F3N3. The average molecular weight is 295 g/mol. The van der Waals surface area contributed by atoms with Crippen LogP contribution in [0.3, 0.4) is 0 Å². The van der Waals surface area contributed by atoms with Crippen LogP contribution in [0.15, 0.2) is 42.9 Å². The molecule has 6 heteroatoms. The first kappa shape index (κ1) is 15.4. The van der Waals surface area contributed by atoms with Crippen LogP contribution in [0, 0.1) is 0 Å². The molecule has 1 aromatic carbocycles. The summed E-state index contributed by atoms with van der Waals surface area (Å²) in [5.74, 6) is 0. The highest BCUT2D eigenvalue weighted by Crippen LogP contribution is 2.31. The van der Waals surface area contributed by atoms with Crippen molar-refractivity contribution in [1.29, 1.82) is 0 Å². The van der Waals surface area contributed by atoms with Crippen molar-refractivity contribution >= 4 is 0 Å². The van der Waals surface area contributed by atoms with Gasteiger partial charge in [0.15, 0.2) is 0 Å². The topological polar surface area (TPSA) is 37.8 Å². The zero-order chi connectivity index (χ0) is 15.3. The Bertz CT molecular complexity index is 570. The third kappa shape index (κ3) is 4.01. The van der Waals surface area contributed by atoms with E-state index in [9.17, 15) is 13.2 Å². The molecule has 1 unspecified atom stereocenters. The van der Waals surface area contributed by atoms with Gasteiger partial charge in [-0.1, -0.05) is 19.1 Å². The Balaban J connectivity index is 2.37. The van der Waals surface area contributed by atoms with Gasteiger partial charge in [-0.05, 0) is 30.7 Å². The molecule has 0 saturated heterocycles. The van der Waals surface area contributed by atoms with E-state index in [1.165, 1.54) is 18.5 Å². The molecule has 0 aliphatic carbocycles. The van der Waals surface area contributed by atoms with Crippen LogP contribution < -0.4 is 5.32 Å². The van der Waals surface area contributed by atoms with E-state index in [1.54, 1.807) is 12.3 Å². The predicted octanol–water partition coefficient (Wildman–Crippen LogP) is 3.58. The molecule has 0 aliphatic heterocycles. The van der Waals surface area contributed by atoms with Gasteiger partial charge in [0.2, 0.25) is 0 Å². The van der Waals surface area contributed by atoms with Crippen LogP contribution >= 0.6 is 0 Å². The lowest BCUT2D eigenvalue weighted by atomic mass is 10.0. The van der Waals surface area contributed by atoms with E-state index in [-0.39, 0.29) is 0 Å². The number of aromatic nitrogens is 2. The number of alkyl halides is 3. The fourth-order valence-electron chi connectivity index (χ4n) is 2.04. The first-order valence-corrected chi connectivity index (χ1v) is 6.69. The fourth-order valence-corrected chi connectivity index (χ4v) is 2.04. The van der Waals surface area contributed by atoms with Crippen LogP contribution in [-0.2, 0) is 6.18 Å². The number of hydrogen-bond acceptors (Lipinski definition) is 3. The van der Waals surface area contributed by atoms with Gasteiger partial charge in [0.05, 0.1) is 23.5 Å². The van der Waals surface area contributed by atoms with E-state index >= 15 is 0 Å². The number of halogens is 3. The number of nitrogens with one attached hydrogen (secondary N) is 1. The number of benzene rings is 1. The van der Waals surface area contributed by atoms with Crippen molar-refractivity contribution in [2.24, 2.45) is 0 Å². The summed E-state index contributed by atoms with van der Waals surface area (Å²) in [7, 11) is 0. The summed E-state index contributed by atoms with van der Waals surface area (Å²) in [6.45, 7) is 2.67. The predicted molar refractivity (Wildman–Crippen MR) is 73.6 cm³/mol. The molecule has 1 heterocycles. The lowest BCUT2D eigenvalue weighted by Gasteiger charge is -2.19. The molecule has 0 fully saturated rings. The summed E-state index contributed by atoms with van der Waals surface area (Å²) < 4.78 is 38.5. The van der Waals surface area contributed by atoms with Crippen molar-refractivity contribution in [3.05, 3.63) is 59.7 Å². The fraction of sp³-hybridized carbons (Fsp3) is 0.333. The van der Waals surface area contributed by atoms with E-state index in [4.69, 9.17) is 0 Å². The van der Waals surface area contributed by atoms with E-state index in [2.05, 4.69) is 15.3 Å². The lowest BCUT2D eigenvalue weighted by Crippen LogP contribution is -2.24. The second-order valence-electron chi connectivity index (χ2n) is 4.64. The van der Waals surface area contributed by atoms with Gasteiger partial charge in [-0.25, -0.2) is 0 Å². The first-order chi connectivity index (χ1) is 10.0. The molecule has 0 bridgehead atoms. The molecule has 2 aromatic rings. The molecular weight excluding hydrogens is 279 g/mol. The standard InChI is InChI=1S/C15H16F3N3/c1-2-6-21-14(13-10-19-7-8-20-13)11-4-3-5-12(9-11)15(16,17)18/h3-5,7-10,14,21H,2,6H2,1H3. The molecule has 21 heavy (non-hydrogen) atoms. The molecule has 1 aromatic heterocycles. The van der Waals surface area contributed by atoms with Gasteiger partial charge in [0.25, 0.3) is 0 Å². The summed E-state index contributed by atoms with van der Waals surface area (Å²) in [6, 6.07) is 4.90. The van der Waals surface area contributed by atoms with Crippen LogP contribution in [0.4, 0.5) is 13.2 Å². The highest BCUT2D eigenvalue weighted by molar-refractivity contribution is 5.32. The highest BCUT2D eigenvalue weighted by atomic mass is 19.4. The average Bonchev–Trinajstić information content (AvgIpc) is 2.48. The number of hydrogen-bond donors (Lipinski definition) is 1. The minimum Gasteiger partial charge on any atom is -0.305 e. The van der Waals surface area contributed by atoms with Crippen LogP contribution in [0.5, 0.6) is 0 Å². The maximum atomic E-state index is 12.8. The van der Waals surface area contributed by atoms with Crippen LogP contribution in [0.1, 0.15) is 36.2 Å². The Morgan fingerprint density at radius 2 is 2.05 bits per heavy atom. The number of rotatable bonds is 5. The molecule has 1 N–H and O–H groups in total. The van der Waals surface area contributed by atoms with E-state index in [1.807, 2.05) is 6.92 Å². The molecule has 1 atom stereocenters.